The number of fused-ring (bicyclic) bond motifs is 7. The van der Waals surface area contributed by atoms with Gasteiger partial charge in [0.25, 0.3) is 0 Å². The predicted molar refractivity (Wildman–Crippen MR) is 133 cm³/mol. The lowest BCUT2D eigenvalue weighted by Gasteiger charge is -2.26. The molecule has 0 saturated carbocycles. The van der Waals surface area contributed by atoms with Gasteiger partial charge in [0, 0.05) is 27.7 Å². The Balaban J connectivity index is 1.96. The maximum atomic E-state index is 14.4. The van der Waals surface area contributed by atoms with Crippen LogP contribution in [0.1, 0.15) is 26.3 Å². The van der Waals surface area contributed by atoms with Gasteiger partial charge >= 0.3 is 0 Å². The molecule has 32 heavy (non-hydrogen) atoms. The fraction of sp³-hybridized carbons (Fsp3) is 0.138. The second-order valence-electron chi connectivity index (χ2n) is 9.84. The van der Waals surface area contributed by atoms with E-state index in [0.717, 1.165) is 43.5 Å². The number of rotatable bonds is 0. The van der Waals surface area contributed by atoms with E-state index in [9.17, 15) is 4.39 Å². The Labute approximate surface area is 184 Å². The summed E-state index contributed by atoms with van der Waals surface area (Å²) in [5.74, 6) is -0.211. The molecule has 154 valence electrons. The van der Waals surface area contributed by atoms with Gasteiger partial charge in [-0.15, -0.1) is 0 Å². The van der Waals surface area contributed by atoms with Crippen molar-refractivity contribution in [2.75, 3.05) is 0 Å². The van der Waals surface area contributed by atoms with Crippen molar-refractivity contribution in [3.63, 3.8) is 0 Å². The summed E-state index contributed by atoms with van der Waals surface area (Å²) in [5.41, 5.74) is 5.53. The van der Waals surface area contributed by atoms with Crippen LogP contribution in [0.4, 0.5) is 4.39 Å². The largest absolute Gasteiger partial charge is 0.308 e. The first-order chi connectivity index (χ1) is 15.4. The van der Waals surface area contributed by atoms with Crippen molar-refractivity contribution in [1.82, 2.24) is 9.38 Å². The molecule has 0 N–H and O–H groups in total. The highest BCUT2D eigenvalue weighted by atomic mass is 19.1. The molecule has 3 aromatic heterocycles. The molecule has 0 bridgehead atoms. The second-order valence-corrected chi connectivity index (χ2v) is 9.84. The summed E-state index contributed by atoms with van der Waals surface area (Å²) in [7, 11) is 0. The molecule has 0 fully saturated rings. The lowest BCUT2D eigenvalue weighted by atomic mass is 9.81. The lowest BCUT2D eigenvalue weighted by Crippen LogP contribution is -2.14. The Kier molecular flexibility index (Phi) is 3.21. The van der Waals surface area contributed by atoms with E-state index in [-0.39, 0.29) is 11.2 Å². The molecule has 0 aliphatic heterocycles. The second kappa shape index (κ2) is 5.74. The molecule has 0 atom stereocenters. The van der Waals surface area contributed by atoms with E-state index < -0.39 is 0 Å². The van der Waals surface area contributed by atoms with Gasteiger partial charge in [-0.2, -0.15) is 0 Å². The summed E-state index contributed by atoms with van der Waals surface area (Å²) in [6, 6.07) is 22.4. The SMILES string of the molecule is CC(C)(C)c1c2ccccc2cc2c3nccc4ccc5c6cc(F)ccc6n(c12)c5c43. The van der Waals surface area contributed by atoms with E-state index in [4.69, 9.17) is 4.98 Å². The summed E-state index contributed by atoms with van der Waals surface area (Å²) in [6.07, 6.45) is 1.90. The van der Waals surface area contributed by atoms with Crippen LogP contribution in [0.5, 0.6) is 0 Å². The van der Waals surface area contributed by atoms with E-state index in [1.165, 1.54) is 21.9 Å². The van der Waals surface area contributed by atoms with Gasteiger partial charge in [-0.3, -0.25) is 4.98 Å². The highest BCUT2D eigenvalue weighted by molar-refractivity contribution is 6.29. The van der Waals surface area contributed by atoms with E-state index in [2.05, 4.69) is 73.7 Å². The molecule has 3 heterocycles. The summed E-state index contributed by atoms with van der Waals surface area (Å²) in [6.45, 7) is 6.81. The molecular weight excluding hydrogens is 395 g/mol. The lowest BCUT2D eigenvalue weighted by molar-refractivity contribution is 0.600. The number of hydrogen-bond donors (Lipinski definition) is 0. The Morgan fingerprint density at radius 2 is 1.59 bits per heavy atom. The highest BCUT2D eigenvalue weighted by Gasteiger charge is 2.26. The summed E-state index contributed by atoms with van der Waals surface area (Å²) in [4.78, 5) is 4.89. The number of pyridine rings is 2. The number of halogens is 1. The van der Waals surface area contributed by atoms with Gasteiger partial charge in [-0.05, 0) is 57.5 Å². The average molecular weight is 416 g/mol. The Morgan fingerprint density at radius 1 is 0.750 bits per heavy atom. The number of nitrogens with zero attached hydrogens (tertiary/aromatic N) is 2. The van der Waals surface area contributed by atoms with E-state index >= 15 is 0 Å². The van der Waals surface area contributed by atoms with Crippen LogP contribution in [0, 0.1) is 5.82 Å². The molecule has 0 unspecified atom stereocenters. The van der Waals surface area contributed by atoms with Crippen LogP contribution in [-0.4, -0.2) is 9.38 Å². The highest BCUT2D eigenvalue weighted by Crippen LogP contribution is 2.45. The van der Waals surface area contributed by atoms with Crippen molar-refractivity contribution in [1.29, 1.82) is 0 Å². The molecule has 7 rings (SSSR count). The van der Waals surface area contributed by atoms with Crippen LogP contribution in [-0.2, 0) is 5.41 Å². The molecule has 3 heteroatoms. The van der Waals surface area contributed by atoms with E-state index in [0.29, 0.717) is 0 Å². The molecule has 0 spiro atoms. The van der Waals surface area contributed by atoms with Crippen molar-refractivity contribution in [3.05, 3.63) is 84.3 Å². The quantitative estimate of drug-likeness (QED) is 0.181. The fourth-order valence-corrected chi connectivity index (χ4v) is 5.69. The van der Waals surface area contributed by atoms with Gasteiger partial charge in [0.1, 0.15) is 5.82 Å². The third kappa shape index (κ3) is 2.11. The van der Waals surface area contributed by atoms with Crippen LogP contribution in [0.3, 0.4) is 0 Å². The molecule has 0 aliphatic rings. The van der Waals surface area contributed by atoms with Crippen LogP contribution in [0.15, 0.2) is 72.9 Å². The molecule has 7 aromatic rings. The first-order valence-electron chi connectivity index (χ1n) is 11.0. The molecule has 2 nitrogen and oxygen atoms in total. The van der Waals surface area contributed by atoms with Gasteiger partial charge < -0.3 is 4.40 Å². The topological polar surface area (TPSA) is 17.3 Å². The standard InChI is InChI=1S/C29H21FN2/c1-29(2,3)25-19-7-5-4-6-17(19)14-22-26-24-16(12-13-31-26)8-10-20-21-15-18(30)9-11-23(21)32(27(20)24)28(22)25/h4-15H,1-3H3. The Bertz CT molecular complexity index is 1870. The van der Waals surface area contributed by atoms with Gasteiger partial charge in [0.05, 0.1) is 22.1 Å². The number of benzene rings is 4. The zero-order chi connectivity index (χ0) is 21.8. The minimum atomic E-state index is -0.211. The van der Waals surface area contributed by atoms with Crippen molar-refractivity contribution in [2.24, 2.45) is 0 Å². The van der Waals surface area contributed by atoms with Gasteiger partial charge in [-0.1, -0.05) is 57.2 Å². The Morgan fingerprint density at radius 3 is 2.44 bits per heavy atom. The van der Waals surface area contributed by atoms with Crippen molar-refractivity contribution in [3.8, 4) is 0 Å². The van der Waals surface area contributed by atoms with E-state index in [1.807, 2.05) is 12.3 Å². The molecule has 0 radical (unpaired) electrons. The zero-order valence-corrected chi connectivity index (χ0v) is 18.2. The van der Waals surface area contributed by atoms with Crippen molar-refractivity contribution >= 4 is 59.8 Å². The summed E-state index contributed by atoms with van der Waals surface area (Å²) in [5, 5.41) is 7.92. The predicted octanol–water partition coefficient (Wildman–Crippen LogP) is 7.97. The number of hydrogen-bond acceptors (Lipinski definition) is 1. The van der Waals surface area contributed by atoms with Gasteiger partial charge in [-0.25, -0.2) is 4.39 Å². The van der Waals surface area contributed by atoms with Crippen molar-refractivity contribution < 1.29 is 4.39 Å². The summed E-state index contributed by atoms with van der Waals surface area (Å²) >= 11 is 0. The maximum Gasteiger partial charge on any atom is 0.123 e. The molecule has 4 aromatic carbocycles. The van der Waals surface area contributed by atoms with Crippen LogP contribution in [0.25, 0.3) is 59.8 Å². The van der Waals surface area contributed by atoms with E-state index in [1.54, 1.807) is 12.1 Å². The first kappa shape index (κ1) is 17.9. The van der Waals surface area contributed by atoms with Crippen LogP contribution in [0.2, 0.25) is 0 Å². The monoisotopic (exact) mass is 416 g/mol. The molecule has 0 aliphatic carbocycles. The van der Waals surface area contributed by atoms with Crippen LogP contribution >= 0.6 is 0 Å². The van der Waals surface area contributed by atoms with Gasteiger partial charge in [0.2, 0.25) is 0 Å². The van der Waals surface area contributed by atoms with Crippen LogP contribution < -0.4 is 0 Å². The molecule has 0 amide bonds. The average Bonchev–Trinajstić information content (AvgIpc) is 3.10. The maximum absolute atomic E-state index is 14.4. The van der Waals surface area contributed by atoms with Crippen molar-refractivity contribution in [2.45, 2.75) is 26.2 Å². The molecule has 0 saturated heterocycles. The number of aromatic nitrogens is 2. The molecular formula is C29H21FN2. The minimum absolute atomic E-state index is 0.103. The first-order valence-corrected chi connectivity index (χ1v) is 11.0. The summed E-state index contributed by atoms with van der Waals surface area (Å²) < 4.78 is 16.7. The minimum Gasteiger partial charge on any atom is -0.308 e. The normalized spacial score (nSPS) is 13.0. The third-order valence-corrected chi connectivity index (χ3v) is 6.87. The third-order valence-electron chi connectivity index (χ3n) is 6.87. The fourth-order valence-electron chi connectivity index (χ4n) is 5.69. The zero-order valence-electron chi connectivity index (χ0n) is 18.2. The smallest absolute Gasteiger partial charge is 0.123 e. The van der Waals surface area contributed by atoms with Gasteiger partial charge in [0.15, 0.2) is 0 Å². The Hall–Kier alpha value is -3.72.